The topological polar surface area (TPSA) is 92.3 Å². The second-order valence-corrected chi connectivity index (χ2v) is 6.49. The minimum atomic E-state index is -0.491. The molecule has 1 amide bonds. The first kappa shape index (κ1) is 17.3. The number of carbonyl (C=O) groups excluding carboxylic acids is 1. The van der Waals surface area contributed by atoms with Gasteiger partial charge in [0, 0.05) is 12.1 Å². The summed E-state index contributed by atoms with van der Waals surface area (Å²) in [7, 11) is 0. The number of hydrogen-bond donors (Lipinski definition) is 1. The van der Waals surface area contributed by atoms with Gasteiger partial charge in [-0.3, -0.25) is 4.79 Å². The van der Waals surface area contributed by atoms with Crippen LogP contribution >= 0.6 is 0 Å². The second kappa shape index (κ2) is 6.88. The Balaban J connectivity index is 1.43. The maximum Gasteiger partial charge on any atom is 0.276 e. The monoisotopic (exact) mass is 368 g/mol. The first-order valence-electron chi connectivity index (χ1n) is 8.53. The molecule has 1 aliphatic heterocycles. The van der Waals surface area contributed by atoms with Crippen molar-refractivity contribution in [3.63, 3.8) is 0 Å². The zero-order valence-electron chi connectivity index (χ0n) is 14.5. The van der Waals surface area contributed by atoms with Crippen LogP contribution < -0.4 is 0 Å². The number of rotatable bonds is 4. The number of aliphatic hydroxyl groups is 1. The van der Waals surface area contributed by atoms with Gasteiger partial charge in [0.25, 0.3) is 5.91 Å². The van der Waals surface area contributed by atoms with Crippen molar-refractivity contribution >= 4 is 5.91 Å². The van der Waals surface area contributed by atoms with Crippen LogP contribution in [0.4, 0.5) is 4.39 Å². The molecule has 1 aliphatic rings. The van der Waals surface area contributed by atoms with Gasteiger partial charge in [0.05, 0.1) is 30.0 Å². The molecular formula is C19H17FN4O3. The molecule has 0 spiro atoms. The van der Waals surface area contributed by atoms with E-state index in [-0.39, 0.29) is 23.5 Å². The van der Waals surface area contributed by atoms with Crippen LogP contribution in [0, 0.1) is 5.82 Å². The molecule has 0 aliphatic carbocycles. The lowest BCUT2D eigenvalue weighted by Crippen LogP contribution is -2.60. The van der Waals surface area contributed by atoms with E-state index in [0.29, 0.717) is 30.2 Å². The van der Waals surface area contributed by atoms with E-state index >= 15 is 0 Å². The quantitative estimate of drug-likeness (QED) is 0.758. The third-order valence-corrected chi connectivity index (χ3v) is 4.66. The maximum absolute atomic E-state index is 13.0. The number of aromatic nitrogens is 3. The molecule has 0 saturated carbocycles. The van der Waals surface area contributed by atoms with E-state index in [0.717, 1.165) is 5.56 Å². The Morgan fingerprint density at radius 3 is 2.67 bits per heavy atom. The van der Waals surface area contributed by atoms with Gasteiger partial charge in [0.1, 0.15) is 12.1 Å². The average Bonchev–Trinajstić information content (AvgIpc) is 3.15. The van der Waals surface area contributed by atoms with Crippen LogP contribution in [0.25, 0.3) is 11.3 Å². The van der Waals surface area contributed by atoms with Gasteiger partial charge >= 0.3 is 0 Å². The Labute approximate surface area is 154 Å². The molecule has 2 atom stereocenters. The van der Waals surface area contributed by atoms with E-state index in [9.17, 15) is 14.3 Å². The van der Waals surface area contributed by atoms with Crippen molar-refractivity contribution in [3.8, 4) is 11.3 Å². The van der Waals surface area contributed by atoms with Crippen LogP contribution in [0.3, 0.4) is 0 Å². The van der Waals surface area contributed by atoms with Crippen molar-refractivity contribution < 1.29 is 18.7 Å². The number of aliphatic hydroxyl groups excluding tert-OH is 1. The molecule has 27 heavy (non-hydrogen) atoms. The van der Waals surface area contributed by atoms with Crippen LogP contribution in [0.5, 0.6) is 0 Å². The van der Waals surface area contributed by atoms with E-state index in [4.69, 9.17) is 4.42 Å². The largest absolute Gasteiger partial charge is 0.448 e. The zero-order chi connectivity index (χ0) is 19.0. The van der Waals surface area contributed by atoms with Crippen molar-refractivity contribution in [2.75, 3.05) is 6.54 Å². The third-order valence-electron chi connectivity index (χ3n) is 4.66. The molecule has 2 aromatic heterocycles. The molecule has 3 heterocycles. The number of amides is 1. The predicted molar refractivity (Wildman–Crippen MR) is 93.2 cm³/mol. The smallest absolute Gasteiger partial charge is 0.276 e. The second-order valence-electron chi connectivity index (χ2n) is 6.49. The van der Waals surface area contributed by atoms with Crippen molar-refractivity contribution in [2.45, 2.75) is 25.5 Å². The molecule has 138 valence electrons. The SMILES string of the molecule is C[C@H]1[C@@H](O)CN1C(=O)c1coc(Cc2ccc(-c3ccc(F)cc3)nn2)n1. The minimum Gasteiger partial charge on any atom is -0.448 e. The lowest BCUT2D eigenvalue weighted by atomic mass is 10.0. The Morgan fingerprint density at radius 1 is 1.26 bits per heavy atom. The Morgan fingerprint density at radius 2 is 2.04 bits per heavy atom. The summed E-state index contributed by atoms with van der Waals surface area (Å²) >= 11 is 0. The van der Waals surface area contributed by atoms with Gasteiger partial charge in [-0.25, -0.2) is 9.37 Å². The van der Waals surface area contributed by atoms with E-state index in [1.54, 1.807) is 36.1 Å². The van der Waals surface area contributed by atoms with Gasteiger partial charge < -0.3 is 14.4 Å². The summed E-state index contributed by atoms with van der Waals surface area (Å²) < 4.78 is 18.4. The van der Waals surface area contributed by atoms with E-state index in [1.165, 1.54) is 18.4 Å². The highest BCUT2D eigenvalue weighted by Gasteiger charge is 2.38. The Kier molecular flexibility index (Phi) is 4.41. The fraction of sp³-hybridized carbons (Fsp3) is 0.263. The highest BCUT2D eigenvalue weighted by atomic mass is 19.1. The number of likely N-dealkylation sites (tertiary alicyclic amines) is 1. The lowest BCUT2D eigenvalue weighted by Gasteiger charge is -2.42. The highest BCUT2D eigenvalue weighted by molar-refractivity contribution is 5.92. The molecule has 0 unspecified atom stereocenters. The number of oxazole rings is 1. The van der Waals surface area contributed by atoms with Gasteiger partial charge in [-0.05, 0) is 43.3 Å². The zero-order valence-corrected chi connectivity index (χ0v) is 14.5. The molecule has 7 nitrogen and oxygen atoms in total. The maximum atomic E-state index is 13.0. The molecule has 1 N–H and O–H groups in total. The highest BCUT2D eigenvalue weighted by Crippen LogP contribution is 2.21. The summed E-state index contributed by atoms with van der Waals surface area (Å²) in [5.74, 6) is -0.212. The summed E-state index contributed by atoms with van der Waals surface area (Å²) in [5, 5.41) is 17.8. The molecule has 0 bridgehead atoms. The number of β-amino-alcohol motifs (C(OH)–C–C–N with tert-alkyl or cyclic N) is 1. The minimum absolute atomic E-state index is 0.208. The van der Waals surface area contributed by atoms with Crippen molar-refractivity contribution in [3.05, 3.63) is 65.8 Å². The van der Waals surface area contributed by atoms with Gasteiger partial charge in [-0.15, -0.1) is 0 Å². The van der Waals surface area contributed by atoms with Crippen molar-refractivity contribution in [1.82, 2.24) is 20.1 Å². The van der Waals surface area contributed by atoms with Gasteiger partial charge in [-0.2, -0.15) is 10.2 Å². The number of carbonyl (C=O) groups is 1. The van der Waals surface area contributed by atoms with Crippen LogP contribution in [-0.4, -0.2) is 49.8 Å². The summed E-state index contributed by atoms with van der Waals surface area (Å²) in [5.41, 5.74) is 2.24. The lowest BCUT2D eigenvalue weighted by molar-refractivity contribution is -0.0360. The fourth-order valence-electron chi connectivity index (χ4n) is 2.88. The van der Waals surface area contributed by atoms with Gasteiger partial charge in [0.2, 0.25) is 5.89 Å². The molecule has 3 aromatic rings. The Hall–Kier alpha value is -3.13. The molecular weight excluding hydrogens is 351 g/mol. The van der Waals surface area contributed by atoms with E-state index in [1.807, 2.05) is 0 Å². The molecule has 1 saturated heterocycles. The summed E-state index contributed by atoms with van der Waals surface area (Å²) in [6.45, 7) is 2.09. The standard InChI is InChI=1S/C19H17FN4O3/c1-11-17(25)9-24(11)19(26)16-10-27-18(21-16)8-14-6-7-15(23-22-14)12-2-4-13(20)5-3-12/h2-7,10-11,17,25H,8-9H2,1H3/t11-,17-/m0/s1. The van der Waals surface area contributed by atoms with Gasteiger partial charge in [-0.1, -0.05) is 0 Å². The summed E-state index contributed by atoms with van der Waals surface area (Å²) in [4.78, 5) is 18.1. The normalized spacial score (nSPS) is 19.0. The Bertz CT molecular complexity index is 956. The fourth-order valence-corrected chi connectivity index (χ4v) is 2.88. The van der Waals surface area contributed by atoms with Crippen molar-refractivity contribution in [2.24, 2.45) is 0 Å². The first-order chi connectivity index (χ1) is 13.0. The summed E-state index contributed by atoms with van der Waals surface area (Å²) in [6.07, 6.45) is 1.12. The van der Waals surface area contributed by atoms with Gasteiger partial charge in [0.15, 0.2) is 5.69 Å². The molecule has 4 rings (SSSR count). The first-order valence-corrected chi connectivity index (χ1v) is 8.53. The van der Waals surface area contributed by atoms with Crippen LogP contribution in [0.1, 0.15) is 29.0 Å². The number of hydrogen-bond acceptors (Lipinski definition) is 6. The molecule has 1 aromatic carbocycles. The van der Waals surface area contributed by atoms with Crippen molar-refractivity contribution in [1.29, 1.82) is 0 Å². The third kappa shape index (κ3) is 3.43. The molecule has 0 radical (unpaired) electrons. The van der Waals surface area contributed by atoms with Crippen LogP contribution in [0.15, 0.2) is 47.1 Å². The number of halogens is 1. The average molecular weight is 368 g/mol. The van der Waals surface area contributed by atoms with E-state index < -0.39 is 6.10 Å². The molecule has 8 heteroatoms. The summed E-state index contributed by atoms with van der Waals surface area (Å²) in [6, 6.07) is 9.36. The number of nitrogens with zero attached hydrogens (tertiary/aromatic N) is 4. The molecule has 1 fully saturated rings. The predicted octanol–water partition coefficient (Wildman–Crippen LogP) is 2.07. The van der Waals surface area contributed by atoms with Crippen LogP contribution in [-0.2, 0) is 6.42 Å². The van der Waals surface area contributed by atoms with E-state index in [2.05, 4.69) is 15.2 Å². The van der Waals surface area contributed by atoms with Crippen LogP contribution in [0.2, 0.25) is 0 Å². The number of benzene rings is 1.